The highest BCUT2D eigenvalue weighted by molar-refractivity contribution is 7.98. The van der Waals surface area contributed by atoms with Gasteiger partial charge in [-0.1, -0.05) is 18.2 Å². The monoisotopic (exact) mass is 381 g/mol. The first-order chi connectivity index (χ1) is 13.2. The predicted molar refractivity (Wildman–Crippen MR) is 107 cm³/mol. The van der Waals surface area contributed by atoms with E-state index in [1.165, 1.54) is 16.8 Å². The van der Waals surface area contributed by atoms with Gasteiger partial charge in [-0.3, -0.25) is 9.59 Å². The summed E-state index contributed by atoms with van der Waals surface area (Å²) in [4.78, 5) is 25.5. The first-order valence-electron chi connectivity index (χ1n) is 8.37. The molecule has 0 unspecified atom stereocenters. The summed E-state index contributed by atoms with van der Waals surface area (Å²) in [5.74, 6) is 0.345. The van der Waals surface area contributed by atoms with Gasteiger partial charge in [-0.05, 0) is 48.7 Å². The Morgan fingerprint density at radius 3 is 2.52 bits per heavy atom. The minimum absolute atomic E-state index is 0.170. The molecule has 0 bridgehead atoms. The van der Waals surface area contributed by atoms with Gasteiger partial charge < -0.3 is 10.1 Å². The largest absolute Gasteiger partial charge is 0.492 e. The quantitative estimate of drug-likeness (QED) is 0.636. The van der Waals surface area contributed by atoms with E-state index >= 15 is 0 Å². The third kappa shape index (κ3) is 5.21. The molecule has 1 N–H and O–H groups in total. The highest BCUT2D eigenvalue weighted by Crippen LogP contribution is 2.17. The molecule has 0 aliphatic carbocycles. The summed E-state index contributed by atoms with van der Waals surface area (Å²) in [6.07, 6.45) is 1.99. The molecule has 2 aromatic carbocycles. The molecule has 7 heteroatoms. The Labute approximate surface area is 161 Å². The van der Waals surface area contributed by atoms with Crippen molar-refractivity contribution in [1.29, 1.82) is 0 Å². The van der Waals surface area contributed by atoms with Crippen molar-refractivity contribution in [3.63, 3.8) is 0 Å². The van der Waals surface area contributed by atoms with E-state index in [0.29, 0.717) is 11.4 Å². The topological polar surface area (TPSA) is 73.2 Å². The summed E-state index contributed by atoms with van der Waals surface area (Å²) in [5, 5.41) is 6.92. The second kappa shape index (κ2) is 9.05. The fourth-order valence-electron chi connectivity index (χ4n) is 2.37. The summed E-state index contributed by atoms with van der Waals surface area (Å²) in [5.41, 5.74) is 0.556. The maximum absolute atomic E-state index is 12.4. The highest BCUT2D eigenvalue weighted by Gasteiger charge is 2.10. The van der Waals surface area contributed by atoms with E-state index in [0.717, 1.165) is 4.90 Å². The number of ether oxygens (including phenoxy) is 1. The third-order valence-electron chi connectivity index (χ3n) is 3.76. The molecule has 0 radical (unpaired) electrons. The molecule has 138 valence electrons. The lowest BCUT2D eigenvalue weighted by Crippen LogP contribution is -2.28. The van der Waals surface area contributed by atoms with Gasteiger partial charge in [-0.15, -0.1) is 11.8 Å². The molecule has 0 atom stereocenters. The number of hydrogen-bond acceptors (Lipinski definition) is 5. The fraction of sp³-hybridized carbons (Fsp3) is 0.150. The molecule has 0 aliphatic rings. The number of nitrogens with zero attached hydrogens (tertiary/aromatic N) is 2. The van der Waals surface area contributed by atoms with Crippen molar-refractivity contribution in [2.24, 2.45) is 0 Å². The van der Waals surface area contributed by atoms with Crippen LogP contribution in [-0.2, 0) is 6.54 Å². The molecular weight excluding hydrogens is 362 g/mol. The van der Waals surface area contributed by atoms with Gasteiger partial charge >= 0.3 is 0 Å². The highest BCUT2D eigenvalue weighted by atomic mass is 32.2. The van der Waals surface area contributed by atoms with E-state index in [2.05, 4.69) is 10.4 Å². The molecule has 1 aromatic heterocycles. The first kappa shape index (κ1) is 18.7. The normalized spacial score (nSPS) is 10.4. The van der Waals surface area contributed by atoms with Gasteiger partial charge in [0.2, 0.25) is 0 Å². The van der Waals surface area contributed by atoms with E-state index in [9.17, 15) is 9.59 Å². The van der Waals surface area contributed by atoms with Crippen LogP contribution in [0, 0.1) is 0 Å². The number of thioether (sulfide) groups is 1. The van der Waals surface area contributed by atoms with Crippen molar-refractivity contribution >= 4 is 23.4 Å². The Morgan fingerprint density at radius 2 is 1.81 bits per heavy atom. The fourth-order valence-corrected chi connectivity index (χ4v) is 2.77. The average molecular weight is 381 g/mol. The van der Waals surface area contributed by atoms with Crippen LogP contribution in [0.1, 0.15) is 10.5 Å². The molecule has 27 heavy (non-hydrogen) atoms. The van der Waals surface area contributed by atoms with Crippen LogP contribution in [0.3, 0.4) is 0 Å². The van der Waals surface area contributed by atoms with Gasteiger partial charge in [-0.25, -0.2) is 4.68 Å². The number of amides is 1. The van der Waals surface area contributed by atoms with Crippen LogP contribution >= 0.6 is 11.8 Å². The summed E-state index contributed by atoms with van der Waals surface area (Å²) in [7, 11) is 0. The van der Waals surface area contributed by atoms with Crippen LogP contribution in [0.25, 0.3) is 0 Å². The van der Waals surface area contributed by atoms with Crippen LogP contribution in [0.4, 0.5) is 5.69 Å². The number of para-hydroxylation sites is 1. The second-order valence-electron chi connectivity index (χ2n) is 5.62. The van der Waals surface area contributed by atoms with Crippen molar-refractivity contribution < 1.29 is 9.53 Å². The van der Waals surface area contributed by atoms with Crippen LogP contribution in [-0.4, -0.2) is 28.6 Å². The summed E-state index contributed by atoms with van der Waals surface area (Å²) < 4.78 is 6.81. The van der Waals surface area contributed by atoms with E-state index in [-0.39, 0.29) is 30.3 Å². The van der Waals surface area contributed by atoms with Gasteiger partial charge in [0.25, 0.3) is 11.5 Å². The minimum Gasteiger partial charge on any atom is -0.492 e. The van der Waals surface area contributed by atoms with Gasteiger partial charge in [-0.2, -0.15) is 5.10 Å². The number of carbonyl (C=O) groups is 1. The number of benzene rings is 2. The predicted octanol–water partition coefficient (Wildman–Crippen LogP) is 3.30. The third-order valence-corrected chi connectivity index (χ3v) is 4.51. The Balaban J connectivity index is 1.64. The lowest BCUT2D eigenvalue weighted by Gasteiger charge is -2.09. The van der Waals surface area contributed by atoms with Crippen molar-refractivity contribution in [1.82, 2.24) is 9.78 Å². The van der Waals surface area contributed by atoms with Crippen LogP contribution in [0.2, 0.25) is 0 Å². The van der Waals surface area contributed by atoms with Gasteiger partial charge in [0.1, 0.15) is 18.1 Å². The van der Waals surface area contributed by atoms with Crippen molar-refractivity contribution in [3.05, 3.63) is 82.8 Å². The molecular formula is C20H19N3O3S. The van der Waals surface area contributed by atoms with Gasteiger partial charge in [0, 0.05) is 16.6 Å². The van der Waals surface area contributed by atoms with Crippen LogP contribution in [0.15, 0.2) is 76.4 Å². The number of hydrogen-bond donors (Lipinski definition) is 1. The lowest BCUT2D eigenvalue weighted by atomic mass is 10.3. The lowest BCUT2D eigenvalue weighted by molar-refractivity contribution is 0.101. The van der Waals surface area contributed by atoms with Crippen molar-refractivity contribution in [2.75, 3.05) is 18.2 Å². The summed E-state index contributed by atoms with van der Waals surface area (Å²) in [6, 6.07) is 19.6. The molecule has 6 nitrogen and oxygen atoms in total. The molecule has 0 saturated heterocycles. The first-order valence-corrected chi connectivity index (χ1v) is 9.59. The Morgan fingerprint density at radius 1 is 1.07 bits per heavy atom. The summed E-state index contributed by atoms with van der Waals surface area (Å²) in [6.45, 7) is 0.523. The number of rotatable bonds is 7. The molecule has 0 fully saturated rings. The molecule has 3 rings (SSSR count). The van der Waals surface area contributed by atoms with Gasteiger partial charge in [0.15, 0.2) is 0 Å². The Hall–Kier alpha value is -3.06. The smallest absolute Gasteiger partial charge is 0.276 e. The summed E-state index contributed by atoms with van der Waals surface area (Å²) >= 11 is 1.63. The molecule has 1 heterocycles. The maximum Gasteiger partial charge on any atom is 0.276 e. The van der Waals surface area contributed by atoms with Crippen LogP contribution in [0.5, 0.6) is 5.75 Å². The van der Waals surface area contributed by atoms with Crippen molar-refractivity contribution in [2.45, 2.75) is 11.4 Å². The van der Waals surface area contributed by atoms with E-state index in [4.69, 9.17) is 4.74 Å². The minimum atomic E-state index is -0.371. The number of carbonyl (C=O) groups excluding carboxylic acids is 1. The van der Waals surface area contributed by atoms with Crippen LogP contribution < -0.4 is 15.6 Å². The standard InChI is InChI=1S/C20H19N3O3S/c1-27-17-9-7-15(8-10-17)21-20(25)18-11-12-19(24)23(22-18)13-14-26-16-5-3-2-4-6-16/h2-12H,13-14H2,1H3,(H,21,25). The zero-order chi connectivity index (χ0) is 19.1. The SMILES string of the molecule is CSc1ccc(NC(=O)c2ccc(=O)n(CCOc3ccccc3)n2)cc1. The molecule has 0 aliphatic heterocycles. The Kier molecular flexibility index (Phi) is 6.27. The molecule has 1 amide bonds. The van der Waals surface area contributed by atoms with Gasteiger partial charge in [0.05, 0.1) is 6.54 Å². The average Bonchev–Trinajstić information content (AvgIpc) is 2.70. The molecule has 3 aromatic rings. The maximum atomic E-state index is 12.4. The Bertz CT molecular complexity index is 956. The molecule has 0 spiro atoms. The van der Waals surface area contributed by atoms with Crippen molar-refractivity contribution in [3.8, 4) is 5.75 Å². The number of anilines is 1. The zero-order valence-corrected chi connectivity index (χ0v) is 15.6. The molecule has 0 saturated carbocycles. The second-order valence-corrected chi connectivity index (χ2v) is 6.50. The zero-order valence-electron chi connectivity index (χ0n) is 14.8. The van der Waals surface area contributed by atoms with E-state index in [1.54, 1.807) is 11.8 Å². The number of nitrogens with one attached hydrogen (secondary N) is 1. The number of aromatic nitrogens is 2. The van der Waals surface area contributed by atoms with E-state index < -0.39 is 0 Å². The van der Waals surface area contributed by atoms with E-state index in [1.807, 2.05) is 60.9 Å².